The number of benzene rings is 1. The largest absolute Gasteiger partial charge is 0.464 e. The molecule has 0 spiro atoms. The highest BCUT2D eigenvalue weighted by Crippen LogP contribution is 2.33. The fourth-order valence-corrected chi connectivity index (χ4v) is 4.34. The summed E-state index contributed by atoms with van der Waals surface area (Å²) < 4.78 is 6.86. The Balaban J connectivity index is 1.61. The highest BCUT2D eigenvalue weighted by Gasteiger charge is 2.26. The topological polar surface area (TPSA) is 61.2 Å². The maximum absolute atomic E-state index is 13.0. The van der Waals surface area contributed by atoms with Crippen molar-refractivity contribution in [2.45, 2.75) is 39.7 Å². The van der Waals surface area contributed by atoms with Gasteiger partial charge in [0.25, 0.3) is 5.56 Å². The van der Waals surface area contributed by atoms with Gasteiger partial charge in [0.15, 0.2) is 0 Å². The third-order valence-electron chi connectivity index (χ3n) is 5.25. The van der Waals surface area contributed by atoms with Crippen LogP contribution in [0.1, 0.15) is 30.4 Å². The van der Waals surface area contributed by atoms with Gasteiger partial charge >= 0.3 is 5.97 Å². The lowest BCUT2D eigenvalue weighted by molar-refractivity contribution is -0.151. The van der Waals surface area contributed by atoms with E-state index in [0.717, 1.165) is 40.8 Å². The van der Waals surface area contributed by atoms with E-state index < -0.39 is 0 Å². The third kappa shape index (κ3) is 3.41. The van der Waals surface area contributed by atoms with Crippen LogP contribution in [0.2, 0.25) is 0 Å². The van der Waals surface area contributed by atoms with Gasteiger partial charge in [0.05, 0.1) is 24.2 Å². The lowest BCUT2D eigenvalue weighted by atomic mass is 9.86. The minimum Gasteiger partial charge on any atom is -0.464 e. The summed E-state index contributed by atoms with van der Waals surface area (Å²) in [5.74, 6) is -0.0924. The van der Waals surface area contributed by atoms with Crippen molar-refractivity contribution in [2.75, 3.05) is 6.61 Å². The van der Waals surface area contributed by atoms with Crippen molar-refractivity contribution in [3.63, 3.8) is 0 Å². The fourth-order valence-electron chi connectivity index (χ4n) is 3.45. The first kappa shape index (κ1) is 17.9. The van der Waals surface area contributed by atoms with Crippen molar-refractivity contribution in [1.29, 1.82) is 0 Å². The number of carbonyl (C=O) groups excluding carboxylic acids is 1. The van der Waals surface area contributed by atoms with Gasteiger partial charge in [0.1, 0.15) is 11.4 Å². The van der Waals surface area contributed by atoms with Crippen LogP contribution in [0.5, 0.6) is 0 Å². The van der Waals surface area contributed by atoms with Crippen LogP contribution in [0.25, 0.3) is 21.3 Å². The molecule has 0 radical (unpaired) electrons. The molecule has 1 aliphatic carbocycles. The van der Waals surface area contributed by atoms with Gasteiger partial charge in [-0.2, -0.15) is 0 Å². The molecule has 0 bridgehead atoms. The van der Waals surface area contributed by atoms with Crippen molar-refractivity contribution in [1.82, 2.24) is 9.55 Å². The second-order valence-corrected chi connectivity index (χ2v) is 8.04. The Morgan fingerprint density at radius 3 is 2.81 bits per heavy atom. The zero-order valence-corrected chi connectivity index (χ0v) is 16.3. The molecule has 2 heterocycles. The molecule has 27 heavy (non-hydrogen) atoms. The number of hydrogen-bond donors (Lipinski definition) is 0. The molecular formula is C21H22N2O3S. The second kappa shape index (κ2) is 7.27. The molecule has 2 aromatic heterocycles. The quantitative estimate of drug-likeness (QED) is 0.624. The van der Waals surface area contributed by atoms with Crippen molar-refractivity contribution in [3.05, 3.63) is 51.4 Å². The van der Waals surface area contributed by atoms with Gasteiger partial charge in [0.2, 0.25) is 0 Å². The Morgan fingerprint density at radius 2 is 2.11 bits per heavy atom. The summed E-state index contributed by atoms with van der Waals surface area (Å²) in [6, 6.07) is 6.23. The number of aromatic nitrogens is 2. The lowest BCUT2D eigenvalue weighted by Gasteiger charge is -2.23. The highest BCUT2D eigenvalue weighted by atomic mass is 32.1. The van der Waals surface area contributed by atoms with Crippen LogP contribution in [0, 0.1) is 19.8 Å². The molecule has 0 saturated heterocycles. The van der Waals surface area contributed by atoms with E-state index in [4.69, 9.17) is 4.74 Å². The number of rotatable bonds is 5. The average molecular weight is 382 g/mol. The monoisotopic (exact) mass is 382 g/mol. The zero-order chi connectivity index (χ0) is 19.0. The minimum atomic E-state index is -0.144. The summed E-state index contributed by atoms with van der Waals surface area (Å²) in [6.45, 7) is 4.64. The Kier molecular flexibility index (Phi) is 4.83. The van der Waals surface area contributed by atoms with Gasteiger partial charge in [-0.15, -0.1) is 11.3 Å². The molecule has 5 nitrogen and oxygen atoms in total. The molecule has 3 aromatic rings. The standard InChI is InChI=1S/C21H22N2O3S/c1-13-6-7-16(14(2)10-13)17-11-27-19-18(17)20(24)23(12-22-19)8-9-26-21(25)15-4-3-5-15/h6-7,10-12,15H,3-5,8-9H2,1-2H3. The van der Waals surface area contributed by atoms with E-state index in [2.05, 4.69) is 37.0 Å². The Morgan fingerprint density at radius 1 is 1.30 bits per heavy atom. The number of thiophene rings is 1. The molecule has 1 fully saturated rings. The highest BCUT2D eigenvalue weighted by molar-refractivity contribution is 7.17. The number of carbonyl (C=O) groups is 1. The molecule has 140 valence electrons. The van der Waals surface area contributed by atoms with Gasteiger partial charge in [-0.3, -0.25) is 14.2 Å². The van der Waals surface area contributed by atoms with E-state index in [-0.39, 0.29) is 24.1 Å². The molecule has 0 unspecified atom stereocenters. The van der Waals surface area contributed by atoms with Crippen LogP contribution in [0.3, 0.4) is 0 Å². The lowest BCUT2D eigenvalue weighted by Crippen LogP contribution is -2.27. The number of hydrogen-bond acceptors (Lipinski definition) is 5. The number of fused-ring (bicyclic) bond motifs is 1. The SMILES string of the molecule is Cc1ccc(-c2csc3ncn(CCOC(=O)C4CCC4)c(=O)c23)c(C)c1. The van der Waals surface area contributed by atoms with Gasteiger partial charge in [-0.1, -0.05) is 30.2 Å². The van der Waals surface area contributed by atoms with E-state index in [1.807, 2.05) is 5.38 Å². The molecule has 6 heteroatoms. The van der Waals surface area contributed by atoms with Crippen LogP contribution in [0.15, 0.2) is 34.7 Å². The maximum Gasteiger partial charge on any atom is 0.308 e. The predicted octanol–water partition coefficient (Wildman–Crippen LogP) is 4.09. The fraction of sp³-hybridized carbons (Fsp3) is 0.381. The Labute approximate surface area is 161 Å². The van der Waals surface area contributed by atoms with Crippen LogP contribution in [-0.2, 0) is 16.1 Å². The van der Waals surface area contributed by atoms with E-state index >= 15 is 0 Å². The predicted molar refractivity (Wildman–Crippen MR) is 107 cm³/mol. The van der Waals surface area contributed by atoms with Gasteiger partial charge in [-0.25, -0.2) is 4.98 Å². The first-order valence-corrected chi connectivity index (χ1v) is 10.1. The molecule has 1 aromatic carbocycles. The second-order valence-electron chi connectivity index (χ2n) is 7.19. The molecule has 0 amide bonds. The van der Waals surface area contributed by atoms with E-state index in [0.29, 0.717) is 11.9 Å². The molecule has 0 atom stereocenters. The maximum atomic E-state index is 13.0. The summed E-state index contributed by atoms with van der Waals surface area (Å²) in [4.78, 5) is 30.1. The number of esters is 1. The normalized spacial score (nSPS) is 14.3. The third-order valence-corrected chi connectivity index (χ3v) is 6.13. The molecule has 4 rings (SSSR count). The van der Waals surface area contributed by atoms with E-state index in [1.165, 1.54) is 21.5 Å². The molecule has 1 saturated carbocycles. The van der Waals surface area contributed by atoms with E-state index in [1.54, 1.807) is 6.33 Å². The van der Waals surface area contributed by atoms with Gasteiger partial charge in [0, 0.05) is 10.9 Å². The molecule has 1 aliphatic rings. The van der Waals surface area contributed by atoms with Gasteiger partial charge < -0.3 is 4.74 Å². The number of aryl methyl sites for hydroxylation is 2. The summed E-state index contributed by atoms with van der Waals surface area (Å²) in [7, 11) is 0. The van der Waals surface area contributed by atoms with Crippen LogP contribution >= 0.6 is 11.3 Å². The summed E-state index contributed by atoms with van der Waals surface area (Å²) in [5, 5.41) is 2.64. The minimum absolute atomic E-state index is 0.0512. The van der Waals surface area contributed by atoms with Crippen molar-refractivity contribution in [3.8, 4) is 11.1 Å². The molecule has 0 N–H and O–H groups in total. The van der Waals surface area contributed by atoms with Crippen molar-refractivity contribution in [2.24, 2.45) is 5.92 Å². The smallest absolute Gasteiger partial charge is 0.308 e. The summed E-state index contributed by atoms with van der Waals surface area (Å²) in [6.07, 6.45) is 4.48. The molecule has 0 aliphatic heterocycles. The Hall–Kier alpha value is -2.47. The number of nitrogens with zero attached hydrogens (tertiary/aromatic N) is 2. The van der Waals surface area contributed by atoms with Gasteiger partial charge in [-0.05, 0) is 37.8 Å². The summed E-state index contributed by atoms with van der Waals surface area (Å²) in [5.41, 5.74) is 4.22. The van der Waals surface area contributed by atoms with Crippen LogP contribution in [-0.4, -0.2) is 22.1 Å². The average Bonchev–Trinajstić information content (AvgIpc) is 3.00. The molecular weight excluding hydrogens is 360 g/mol. The van der Waals surface area contributed by atoms with Crippen LogP contribution < -0.4 is 5.56 Å². The van der Waals surface area contributed by atoms with Crippen LogP contribution in [0.4, 0.5) is 0 Å². The van der Waals surface area contributed by atoms with E-state index in [9.17, 15) is 9.59 Å². The first-order valence-electron chi connectivity index (χ1n) is 9.25. The first-order chi connectivity index (χ1) is 13.0. The summed E-state index contributed by atoms with van der Waals surface area (Å²) >= 11 is 1.48. The zero-order valence-electron chi connectivity index (χ0n) is 15.5. The number of ether oxygens (including phenoxy) is 1. The Bertz CT molecular complexity index is 1060. The van der Waals surface area contributed by atoms with Crippen molar-refractivity contribution < 1.29 is 9.53 Å². The van der Waals surface area contributed by atoms with Crippen molar-refractivity contribution >= 4 is 27.5 Å².